The molecule has 0 aromatic heterocycles. The molecule has 0 bridgehead atoms. The lowest BCUT2D eigenvalue weighted by molar-refractivity contribution is 0.191. The lowest BCUT2D eigenvalue weighted by Gasteiger charge is -2.40. The molecule has 0 saturated heterocycles. The van der Waals surface area contributed by atoms with Gasteiger partial charge in [0, 0.05) is 21.6 Å². The summed E-state index contributed by atoms with van der Waals surface area (Å²) in [6.45, 7) is 13.0. The Morgan fingerprint density at radius 1 is 1.00 bits per heavy atom. The van der Waals surface area contributed by atoms with Gasteiger partial charge in [0.05, 0.1) is 6.67 Å². The highest BCUT2D eigenvalue weighted by Gasteiger charge is 2.40. The first-order chi connectivity index (χ1) is 8.68. The molecule has 0 spiro atoms. The van der Waals surface area contributed by atoms with Crippen molar-refractivity contribution in [3.63, 3.8) is 0 Å². The Hall–Kier alpha value is -0.310. The Morgan fingerprint density at radius 3 is 2.32 bits per heavy atom. The van der Waals surface area contributed by atoms with Crippen LogP contribution in [0.1, 0.15) is 60.3 Å². The van der Waals surface area contributed by atoms with Crippen LogP contribution in [0.15, 0.2) is 11.4 Å². The van der Waals surface area contributed by atoms with Crippen LogP contribution in [-0.2, 0) is 0 Å². The minimum atomic E-state index is 0.242. The van der Waals surface area contributed by atoms with Gasteiger partial charge in [-0.1, -0.05) is 34.6 Å². The highest BCUT2D eigenvalue weighted by atomic mass is 32.2. The Kier molecular flexibility index (Phi) is 3.90. The van der Waals surface area contributed by atoms with Gasteiger partial charge in [0.25, 0.3) is 0 Å². The first-order valence-corrected chi connectivity index (χ1v) is 8.67. The van der Waals surface area contributed by atoms with Gasteiger partial charge < -0.3 is 10.6 Å². The third kappa shape index (κ3) is 3.24. The smallest absolute Gasteiger partial charge is 0.0845 e. The maximum atomic E-state index is 3.59. The van der Waals surface area contributed by atoms with Crippen molar-refractivity contribution in [2.24, 2.45) is 10.8 Å². The maximum absolute atomic E-state index is 3.59. The molecular weight excluding hydrogens is 252 g/mol. The van der Waals surface area contributed by atoms with Crippen molar-refractivity contribution in [3.05, 3.63) is 11.4 Å². The van der Waals surface area contributed by atoms with Gasteiger partial charge in [-0.2, -0.15) is 11.8 Å². The second kappa shape index (κ2) is 4.91. The molecule has 1 heterocycles. The van der Waals surface area contributed by atoms with E-state index in [0.717, 1.165) is 6.67 Å². The lowest BCUT2D eigenvalue weighted by atomic mass is 9.70. The number of hydrogen-bond acceptors (Lipinski definition) is 3. The van der Waals surface area contributed by atoms with Crippen molar-refractivity contribution in [3.8, 4) is 0 Å². The molecule has 2 aliphatic rings. The highest BCUT2D eigenvalue weighted by molar-refractivity contribution is 7.99. The molecule has 1 aliphatic heterocycles. The minimum absolute atomic E-state index is 0.242. The van der Waals surface area contributed by atoms with Crippen LogP contribution in [0, 0.1) is 10.8 Å². The summed E-state index contributed by atoms with van der Waals surface area (Å²) in [5.74, 6) is 0. The molecule has 2 rings (SSSR count). The first-order valence-electron chi connectivity index (χ1n) is 7.44. The van der Waals surface area contributed by atoms with E-state index in [4.69, 9.17) is 0 Å². The zero-order valence-corrected chi connectivity index (χ0v) is 14.3. The lowest BCUT2D eigenvalue weighted by Crippen LogP contribution is -2.34. The molecule has 0 saturated carbocycles. The van der Waals surface area contributed by atoms with E-state index in [9.17, 15) is 0 Å². The number of thioether (sulfide) groups is 1. The zero-order chi connectivity index (χ0) is 14.3. The van der Waals surface area contributed by atoms with Crippen molar-refractivity contribution in [2.75, 3.05) is 12.9 Å². The fraction of sp³-hybridized carbons (Fsp3) is 0.875. The number of rotatable bonds is 1. The third-order valence-corrected chi connectivity index (χ3v) is 6.05. The standard InChI is InChI=1S/C16H30N2S/c1-14(2)9-15(3,4)13-12(17-11-18-13)7-8-16(5,10-14)19-6/h17-18H,7-11H2,1-6H3. The summed E-state index contributed by atoms with van der Waals surface area (Å²) in [4.78, 5) is 0. The topological polar surface area (TPSA) is 24.1 Å². The summed E-state index contributed by atoms with van der Waals surface area (Å²) in [7, 11) is 0. The van der Waals surface area contributed by atoms with E-state index in [2.05, 4.69) is 51.5 Å². The van der Waals surface area contributed by atoms with Crippen molar-refractivity contribution in [1.82, 2.24) is 10.6 Å². The molecule has 2 N–H and O–H groups in total. The van der Waals surface area contributed by atoms with E-state index in [1.807, 2.05) is 11.8 Å². The minimum Gasteiger partial charge on any atom is -0.370 e. The number of nitrogens with one attached hydrogen (secondary N) is 2. The molecule has 0 fully saturated rings. The van der Waals surface area contributed by atoms with Gasteiger partial charge in [-0.05, 0) is 37.4 Å². The van der Waals surface area contributed by atoms with E-state index in [-0.39, 0.29) is 5.41 Å². The van der Waals surface area contributed by atoms with E-state index in [1.54, 1.807) is 0 Å². The normalized spacial score (nSPS) is 33.6. The summed E-state index contributed by atoms with van der Waals surface area (Å²) >= 11 is 2.05. The van der Waals surface area contributed by atoms with Crippen LogP contribution in [0.5, 0.6) is 0 Å². The molecule has 2 nitrogen and oxygen atoms in total. The van der Waals surface area contributed by atoms with Crippen LogP contribution in [0.2, 0.25) is 0 Å². The molecule has 1 aliphatic carbocycles. The SMILES string of the molecule is CSC1(C)CCC2=C(NCN2)C(C)(C)CC(C)(C)C1. The Balaban J connectivity index is 2.36. The van der Waals surface area contributed by atoms with Gasteiger partial charge in [-0.25, -0.2) is 0 Å². The number of hydrogen-bond donors (Lipinski definition) is 2. The summed E-state index contributed by atoms with van der Waals surface area (Å²) in [6.07, 6.45) is 7.25. The maximum Gasteiger partial charge on any atom is 0.0845 e. The summed E-state index contributed by atoms with van der Waals surface area (Å²) in [6, 6.07) is 0. The van der Waals surface area contributed by atoms with Crippen LogP contribution in [0.25, 0.3) is 0 Å². The molecule has 19 heavy (non-hydrogen) atoms. The van der Waals surface area contributed by atoms with Gasteiger partial charge in [0.15, 0.2) is 0 Å². The van der Waals surface area contributed by atoms with Crippen molar-refractivity contribution >= 4 is 11.8 Å². The van der Waals surface area contributed by atoms with E-state index in [1.165, 1.54) is 37.1 Å². The largest absolute Gasteiger partial charge is 0.370 e. The second-order valence-corrected chi connectivity index (χ2v) is 9.33. The Morgan fingerprint density at radius 2 is 1.68 bits per heavy atom. The molecule has 1 unspecified atom stereocenters. The monoisotopic (exact) mass is 282 g/mol. The molecule has 0 radical (unpaired) electrons. The van der Waals surface area contributed by atoms with Gasteiger partial charge in [-0.3, -0.25) is 0 Å². The average Bonchev–Trinajstić information content (AvgIpc) is 2.72. The highest BCUT2D eigenvalue weighted by Crippen LogP contribution is 2.49. The third-order valence-electron chi connectivity index (χ3n) is 4.72. The van der Waals surface area contributed by atoms with Gasteiger partial charge in [0.1, 0.15) is 0 Å². The fourth-order valence-corrected chi connectivity index (χ4v) is 5.15. The van der Waals surface area contributed by atoms with Gasteiger partial charge in [0.2, 0.25) is 0 Å². The van der Waals surface area contributed by atoms with Crippen LogP contribution >= 0.6 is 11.8 Å². The zero-order valence-electron chi connectivity index (χ0n) is 13.4. The van der Waals surface area contributed by atoms with Crippen LogP contribution < -0.4 is 10.6 Å². The van der Waals surface area contributed by atoms with E-state index in [0.29, 0.717) is 10.2 Å². The van der Waals surface area contributed by atoms with Crippen LogP contribution in [-0.4, -0.2) is 17.7 Å². The van der Waals surface area contributed by atoms with Gasteiger partial charge in [-0.15, -0.1) is 0 Å². The van der Waals surface area contributed by atoms with Crippen LogP contribution in [0.3, 0.4) is 0 Å². The molecule has 3 heteroatoms. The van der Waals surface area contributed by atoms with E-state index >= 15 is 0 Å². The quantitative estimate of drug-likeness (QED) is 0.757. The fourth-order valence-electron chi connectivity index (χ4n) is 4.31. The predicted octanol–water partition coefficient (Wildman–Crippen LogP) is 4.10. The van der Waals surface area contributed by atoms with E-state index < -0.39 is 0 Å². The molecular formula is C16H30N2S. The average molecular weight is 282 g/mol. The van der Waals surface area contributed by atoms with Gasteiger partial charge >= 0.3 is 0 Å². The van der Waals surface area contributed by atoms with Crippen molar-refractivity contribution in [2.45, 2.75) is 65.0 Å². The first kappa shape index (κ1) is 15.1. The summed E-state index contributed by atoms with van der Waals surface area (Å²) in [5.41, 5.74) is 3.55. The Bertz CT molecular complexity index is 384. The molecule has 0 aromatic rings. The molecule has 0 aromatic carbocycles. The predicted molar refractivity (Wildman–Crippen MR) is 86.1 cm³/mol. The van der Waals surface area contributed by atoms with Crippen molar-refractivity contribution in [1.29, 1.82) is 0 Å². The number of allylic oxidation sites excluding steroid dienone is 2. The van der Waals surface area contributed by atoms with Crippen molar-refractivity contribution < 1.29 is 0 Å². The molecule has 110 valence electrons. The molecule has 0 amide bonds. The summed E-state index contributed by atoms with van der Waals surface area (Å²) in [5, 5.41) is 7.15. The molecule has 1 atom stereocenters. The Labute approximate surface area is 123 Å². The summed E-state index contributed by atoms with van der Waals surface area (Å²) < 4.78 is 0.395. The second-order valence-electron chi connectivity index (χ2n) is 7.94. The van der Waals surface area contributed by atoms with Crippen LogP contribution in [0.4, 0.5) is 0 Å².